The maximum atomic E-state index is 12.9. The standard InChI is InChI=1S/C23H28N6O3S/c1-3-10-24-21(31)16-8-11-28(12-9-16)23-27-20-19(33-23)22(32)29(14-25-20)13-18(30)26-17-6-4-15(2)5-7-17/h4-7,14,16H,3,8-13H2,1-2H3,(H,24,31)(H,26,30). The molecule has 2 aromatic heterocycles. The topological polar surface area (TPSA) is 109 Å². The van der Waals surface area contributed by atoms with E-state index in [0.29, 0.717) is 35.7 Å². The Balaban J connectivity index is 1.42. The van der Waals surface area contributed by atoms with Crippen molar-refractivity contribution in [2.45, 2.75) is 39.7 Å². The largest absolute Gasteiger partial charge is 0.356 e. The van der Waals surface area contributed by atoms with Gasteiger partial charge in [0.2, 0.25) is 11.8 Å². The summed E-state index contributed by atoms with van der Waals surface area (Å²) in [7, 11) is 0. The van der Waals surface area contributed by atoms with Crippen molar-refractivity contribution in [3.63, 3.8) is 0 Å². The monoisotopic (exact) mass is 468 g/mol. The molecule has 0 radical (unpaired) electrons. The van der Waals surface area contributed by atoms with Crippen LogP contribution >= 0.6 is 11.3 Å². The van der Waals surface area contributed by atoms with Gasteiger partial charge in [0.05, 0.1) is 0 Å². The molecule has 2 N–H and O–H groups in total. The highest BCUT2D eigenvalue weighted by Crippen LogP contribution is 2.29. The third kappa shape index (κ3) is 5.39. The van der Waals surface area contributed by atoms with Crippen molar-refractivity contribution in [3.8, 4) is 0 Å². The van der Waals surface area contributed by atoms with Crippen LogP contribution in [0.25, 0.3) is 10.3 Å². The van der Waals surface area contributed by atoms with Gasteiger partial charge < -0.3 is 15.5 Å². The van der Waals surface area contributed by atoms with Gasteiger partial charge >= 0.3 is 0 Å². The van der Waals surface area contributed by atoms with Crippen molar-refractivity contribution in [2.24, 2.45) is 5.92 Å². The van der Waals surface area contributed by atoms with E-state index in [4.69, 9.17) is 0 Å². The molecule has 0 bridgehead atoms. The molecule has 10 heteroatoms. The molecule has 4 rings (SSSR count). The second-order valence-corrected chi connectivity index (χ2v) is 9.27. The number of aromatic nitrogens is 3. The Labute approximate surface area is 195 Å². The zero-order valence-corrected chi connectivity index (χ0v) is 19.7. The van der Waals surface area contributed by atoms with E-state index in [1.54, 1.807) is 0 Å². The fraction of sp³-hybridized carbons (Fsp3) is 0.435. The Morgan fingerprint density at radius 3 is 2.61 bits per heavy atom. The lowest BCUT2D eigenvalue weighted by molar-refractivity contribution is -0.125. The smallest absolute Gasteiger partial charge is 0.273 e. The van der Waals surface area contributed by atoms with Crippen LogP contribution in [0.2, 0.25) is 0 Å². The van der Waals surface area contributed by atoms with Gasteiger partial charge in [0.1, 0.15) is 17.6 Å². The average molecular weight is 469 g/mol. The van der Waals surface area contributed by atoms with Crippen molar-refractivity contribution in [3.05, 3.63) is 46.5 Å². The first-order chi connectivity index (χ1) is 15.9. The number of nitrogens with zero attached hydrogens (tertiary/aromatic N) is 4. The number of benzene rings is 1. The van der Waals surface area contributed by atoms with Crippen LogP contribution in [0.15, 0.2) is 35.4 Å². The predicted molar refractivity (Wildman–Crippen MR) is 130 cm³/mol. The van der Waals surface area contributed by atoms with Crippen LogP contribution in [0, 0.1) is 12.8 Å². The number of anilines is 2. The summed E-state index contributed by atoms with van der Waals surface area (Å²) in [5.74, 6) is -0.158. The molecule has 1 fully saturated rings. The van der Waals surface area contributed by atoms with Crippen molar-refractivity contribution in [2.75, 3.05) is 29.9 Å². The fourth-order valence-electron chi connectivity index (χ4n) is 3.80. The van der Waals surface area contributed by atoms with Crippen LogP contribution < -0.4 is 21.1 Å². The van der Waals surface area contributed by atoms with Crippen LogP contribution in [-0.2, 0) is 16.1 Å². The number of rotatable bonds is 7. The molecule has 0 atom stereocenters. The average Bonchev–Trinajstić information content (AvgIpc) is 3.26. The molecule has 3 heterocycles. The minimum absolute atomic E-state index is 0.0181. The number of carbonyl (C=O) groups excluding carboxylic acids is 2. The van der Waals surface area contributed by atoms with Gasteiger partial charge in [-0.15, -0.1) is 0 Å². The van der Waals surface area contributed by atoms with Crippen molar-refractivity contribution in [1.29, 1.82) is 0 Å². The first-order valence-corrected chi connectivity index (χ1v) is 12.0. The Hall–Kier alpha value is -3.27. The molecule has 0 saturated carbocycles. The maximum absolute atomic E-state index is 12.9. The molecule has 3 aromatic rings. The number of fused-ring (bicyclic) bond motifs is 1. The molecule has 1 aliphatic heterocycles. The van der Waals surface area contributed by atoms with E-state index in [9.17, 15) is 14.4 Å². The number of hydrogen-bond donors (Lipinski definition) is 2. The molecule has 0 spiro atoms. The van der Waals surface area contributed by atoms with Gasteiger partial charge in [-0.3, -0.25) is 19.0 Å². The summed E-state index contributed by atoms with van der Waals surface area (Å²) in [6.07, 6.45) is 3.80. The number of aryl methyl sites for hydroxylation is 1. The highest BCUT2D eigenvalue weighted by Gasteiger charge is 2.26. The summed E-state index contributed by atoms with van der Waals surface area (Å²) in [6, 6.07) is 7.47. The Kier molecular flexibility index (Phi) is 7.02. The van der Waals surface area contributed by atoms with E-state index in [1.807, 2.05) is 38.1 Å². The summed E-state index contributed by atoms with van der Waals surface area (Å²) in [5.41, 5.74) is 1.89. The molecular weight excluding hydrogens is 440 g/mol. The van der Waals surface area contributed by atoms with E-state index in [2.05, 4.69) is 25.5 Å². The number of hydrogen-bond acceptors (Lipinski definition) is 7. The Bertz CT molecular complexity index is 1200. The van der Waals surface area contributed by atoms with E-state index in [-0.39, 0.29) is 29.8 Å². The lowest BCUT2D eigenvalue weighted by Crippen LogP contribution is -2.40. The van der Waals surface area contributed by atoms with E-state index >= 15 is 0 Å². The number of piperidine rings is 1. The Morgan fingerprint density at radius 1 is 1.18 bits per heavy atom. The summed E-state index contributed by atoms with van der Waals surface area (Å²) in [5, 5.41) is 6.49. The van der Waals surface area contributed by atoms with Crippen molar-refractivity contribution < 1.29 is 9.59 Å². The second-order valence-electron chi connectivity index (χ2n) is 8.29. The van der Waals surface area contributed by atoms with Crippen LogP contribution in [0.5, 0.6) is 0 Å². The summed E-state index contributed by atoms with van der Waals surface area (Å²) in [6.45, 7) is 6.00. The number of thiazole rings is 1. The minimum Gasteiger partial charge on any atom is -0.356 e. The molecule has 0 unspecified atom stereocenters. The SMILES string of the molecule is CCCNC(=O)C1CCN(c2nc3ncn(CC(=O)Nc4ccc(C)cc4)c(=O)c3s2)CC1. The zero-order valence-electron chi connectivity index (χ0n) is 18.8. The summed E-state index contributed by atoms with van der Waals surface area (Å²) in [4.78, 5) is 48.5. The predicted octanol–water partition coefficient (Wildman–Crippen LogP) is 2.54. The molecule has 1 aromatic carbocycles. The number of carbonyl (C=O) groups is 2. The maximum Gasteiger partial charge on any atom is 0.273 e. The van der Waals surface area contributed by atoms with Gasteiger partial charge in [0.15, 0.2) is 10.8 Å². The van der Waals surface area contributed by atoms with E-state index in [1.165, 1.54) is 22.2 Å². The van der Waals surface area contributed by atoms with Crippen LogP contribution in [0.4, 0.5) is 10.8 Å². The molecular formula is C23H28N6O3S. The van der Waals surface area contributed by atoms with Crippen LogP contribution in [-0.4, -0.2) is 46.0 Å². The summed E-state index contributed by atoms with van der Waals surface area (Å²) < 4.78 is 1.73. The van der Waals surface area contributed by atoms with Crippen molar-refractivity contribution in [1.82, 2.24) is 19.9 Å². The molecule has 2 amide bonds. The third-order valence-electron chi connectivity index (χ3n) is 5.71. The molecule has 33 heavy (non-hydrogen) atoms. The van der Waals surface area contributed by atoms with Gasteiger partial charge in [0.25, 0.3) is 5.56 Å². The van der Waals surface area contributed by atoms with E-state index in [0.717, 1.165) is 30.0 Å². The van der Waals surface area contributed by atoms with Gasteiger partial charge in [-0.25, -0.2) is 4.98 Å². The third-order valence-corrected chi connectivity index (χ3v) is 6.80. The molecule has 9 nitrogen and oxygen atoms in total. The van der Waals surface area contributed by atoms with Gasteiger partial charge in [-0.05, 0) is 38.3 Å². The van der Waals surface area contributed by atoms with E-state index < -0.39 is 0 Å². The second kappa shape index (κ2) is 10.1. The molecule has 0 aliphatic carbocycles. The quantitative estimate of drug-likeness (QED) is 0.552. The molecule has 174 valence electrons. The lowest BCUT2D eigenvalue weighted by Gasteiger charge is -2.30. The lowest BCUT2D eigenvalue weighted by atomic mass is 9.96. The summed E-state index contributed by atoms with van der Waals surface area (Å²) >= 11 is 1.29. The van der Waals surface area contributed by atoms with Gasteiger partial charge in [-0.2, -0.15) is 4.98 Å². The van der Waals surface area contributed by atoms with Gasteiger partial charge in [-0.1, -0.05) is 36.0 Å². The van der Waals surface area contributed by atoms with Crippen LogP contribution in [0.1, 0.15) is 31.7 Å². The fourth-order valence-corrected chi connectivity index (χ4v) is 4.82. The normalized spacial score (nSPS) is 14.4. The van der Waals surface area contributed by atoms with Gasteiger partial charge in [0, 0.05) is 31.2 Å². The first kappa shape index (κ1) is 22.9. The highest BCUT2D eigenvalue weighted by molar-refractivity contribution is 7.22. The molecule has 1 aliphatic rings. The van der Waals surface area contributed by atoms with Crippen molar-refractivity contribution >= 4 is 44.3 Å². The minimum atomic E-state index is -0.296. The number of amides is 2. The Morgan fingerprint density at radius 2 is 1.91 bits per heavy atom. The first-order valence-electron chi connectivity index (χ1n) is 11.2. The molecule has 1 saturated heterocycles. The van der Waals surface area contributed by atoms with Crippen LogP contribution in [0.3, 0.4) is 0 Å². The number of nitrogens with one attached hydrogen (secondary N) is 2. The zero-order chi connectivity index (χ0) is 23.4. The highest BCUT2D eigenvalue weighted by atomic mass is 32.1.